The van der Waals surface area contributed by atoms with Crippen LogP contribution < -0.4 is 0 Å². The van der Waals surface area contributed by atoms with E-state index in [0.29, 0.717) is 12.0 Å². The maximum Gasteiger partial charge on any atom is 0.287 e. The van der Waals surface area contributed by atoms with Crippen molar-refractivity contribution < 1.29 is 17.7 Å². The van der Waals surface area contributed by atoms with Gasteiger partial charge in [-0.2, -0.15) is 8.42 Å². The first-order chi connectivity index (χ1) is 5.06. The van der Waals surface area contributed by atoms with Crippen LogP contribution in [0, 0.1) is 0 Å². The number of hydrogen-bond acceptors (Lipinski definition) is 3. The summed E-state index contributed by atoms with van der Waals surface area (Å²) in [7, 11) is -4.00. The molecular formula is C6H10O4S. The Bertz CT molecular complexity index is 227. The zero-order chi connectivity index (χ0) is 8.74. The minimum Gasteiger partial charge on any atom is -0.373 e. The molecule has 0 aliphatic rings. The van der Waals surface area contributed by atoms with Crippen LogP contribution in [0.25, 0.3) is 0 Å². The molecule has 4 nitrogen and oxygen atoms in total. The van der Waals surface area contributed by atoms with Crippen LogP contribution in [0.1, 0.15) is 0 Å². The Morgan fingerprint density at radius 2 is 2.09 bits per heavy atom. The van der Waals surface area contributed by atoms with Gasteiger partial charge >= 0.3 is 0 Å². The zero-order valence-corrected chi connectivity index (χ0v) is 6.75. The smallest absolute Gasteiger partial charge is 0.287 e. The van der Waals surface area contributed by atoms with Gasteiger partial charge in [-0.15, -0.1) is 6.58 Å². The summed E-state index contributed by atoms with van der Waals surface area (Å²) in [6.45, 7) is 3.89. The maximum atomic E-state index is 10.1. The fraction of sp³-hybridized carbons (Fsp3) is 0.333. The van der Waals surface area contributed by atoms with Crippen molar-refractivity contribution in [2.45, 2.75) is 0 Å². The molecule has 0 saturated carbocycles. The average Bonchev–Trinajstić information content (AvgIpc) is 1.85. The Balaban J connectivity index is 3.54. The standard InChI is InChI=1S/C6H10O4S/c1-2-4-10-5-3-6-11(7,8)9/h2-3,6H,1,4-5H2,(H,7,8,9)/b6-3-. The highest BCUT2D eigenvalue weighted by Gasteiger charge is 1.92. The van der Waals surface area contributed by atoms with E-state index in [9.17, 15) is 8.42 Å². The molecule has 0 fully saturated rings. The summed E-state index contributed by atoms with van der Waals surface area (Å²) >= 11 is 0. The van der Waals surface area contributed by atoms with Gasteiger partial charge in [-0.1, -0.05) is 6.08 Å². The van der Waals surface area contributed by atoms with Crippen molar-refractivity contribution in [1.29, 1.82) is 0 Å². The SMILES string of the molecule is C=CCOC/C=C\S(=O)(=O)O. The highest BCUT2D eigenvalue weighted by molar-refractivity contribution is 7.88. The Labute approximate surface area is 65.9 Å². The summed E-state index contributed by atoms with van der Waals surface area (Å²) in [4.78, 5) is 0. The molecule has 0 bridgehead atoms. The minimum absolute atomic E-state index is 0.145. The molecule has 0 radical (unpaired) electrons. The van der Waals surface area contributed by atoms with Gasteiger partial charge in [-0.25, -0.2) is 0 Å². The van der Waals surface area contributed by atoms with E-state index in [0.717, 1.165) is 0 Å². The van der Waals surface area contributed by atoms with Gasteiger partial charge in [0, 0.05) is 0 Å². The largest absolute Gasteiger partial charge is 0.373 e. The Kier molecular flexibility index (Phi) is 4.76. The van der Waals surface area contributed by atoms with Crippen LogP contribution in [0.15, 0.2) is 24.1 Å². The normalized spacial score (nSPS) is 12.1. The van der Waals surface area contributed by atoms with Crippen molar-refractivity contribution in [3.05, 3.63) is 24.1 Å². The summed E-state index contributed by atoms with van der Waals surface area (Å²) in [5, 5.41) is 0.677. The molecule has 0 amide bonds. The average molecular weight is 178 g/mol. The first-order valence-electron chi connectivity index (χ1n) is 2.89. The molecular weight excluding hydrogens is 168 g/mol. The van der Waals surface area contributed by atoms with Crippen molar-refractivity contribution in [2.75, 3.05) is 13.2 Å². The zero-order valence-electron chi connectivity index (χ0n) is 5.93. The quantitative estimate of drug-likeness (QED) is 0.380. The van der Waals surface area contributed by atoms with Gasteiger partial charge in [-0.05, 0) is 6.08 Å². The fourth-order valence-corrected chi connectivity index (χ4v) is 0.702. The van der Waals surface area contributed by atoms with E-state index in [1.807, 2.05) is 0 Å². The molecule has 64 valence electrons. The third-order valence-corrected chi connectivity index (χ3v) is 1.25. The van der Waals surface area contributed by atoms with E-state index in [-0.39, 0.29) is 6.61 Å². The lowest BCUT2D eigenvalue weighted by atomic mass is 10.6. The maximum absolute atomic E-state index is 10.1. The van der Waals surface area contributed by atoms with Crippen LogP contribution in [0.3, 0.4) is 0 Å². The molecule has 0 aliphatic carbocycles. The summed E-state index contributed by atoms with van der Waals surface area (Å²) < 4.78 is 33.1. The molecule has 0 aromatic carbocycles. The van der Waals surface area contributed by atoms with Crippen LogP contribution in [0.2, 0.25) is 0 Å². The van der Waals surface area contributed by atoms with Crippen molar-refractivity contribution in [2.24, 2.45) is 0 Å². The Morgan fingerprint density at radius 1 is 1.45 bits per heavy atom. The fourth-order valence-electron chi connectivity index (χ4n) is 0.380. The first-order valence-corrected chi connectivity index (χ1v) is 4.39. The lowest BCUT2D eigenvalue weighted by molar-refractivity contribution is 0.194. The lowest BCUT2D eigenvalue weighted by Gasteiger charge is -1.92. The van der Waals surface area contributed by atoms with Crippen LogP contribution >= 0.6 is 0 Å². The van der Waals surface area contributed by atoms with Gasteiger partial charge < -0.3 is 4.74 Å². The molecule has 0 aromatic heterocycles. The van der Waals surface area contributed by atoms with Crippen LogP contribution in [0.4, 0.5) is 0 Å². The third kappa shape index (κ3) is 9.35. The monoisotopic (exact) mass is 178 g/mol. The Hall–Kier alpha value is -0.650. The van der Waals surface area contributed by atoms with Crippen molar-refractivity contribution in [1.82, 2.24) is 0 Å². The van der Waals surface area contributed by atoms with Gasteiger partial charge in [0.05, 0.1) is 18.6 Å². The molecule has 1 N–H and O–H groups in total. The van der Waals surface area contributed by atoms with Crippen LogP contribution in [0.5, 0.6) is 0 Å². The Morgan fingerprint density at radius 3 is 2.55 bits per heavy atom. The van der Waals surface area contributed by atoms with E-state index in [4.69, 9.17) is 9.29 Å². The minimum atomic E-state index is -4.00. The van der Waals surface area contributed by atoms with E-state index >= 15 is 0 Å². The van der Waals surface area contributed by atoms with E-state index < -0.39 is 10.1 Å². The second-order valence-corrected chi connectivity index (χ2v) is 3.01. The molecule has 0 saturated heterocycles. The number of rotatable bonds is 5. The summed E-state index contributed by atoms with van der Waals surface area (Å²) in [5.74, 6) is 0. The number of ether oxygens (including phenoxy) is 1. The highest BCUT2D eigenvalue weighted by atomic mass is 32.2. The molecule has 0 aromatic rings. The first kappa shape index (κ1) is 10.3. The van der Waals surface area contributed by atoms with Gasteiger partial charge in [0.2, 0.25) is 0 Å². The molecule has 0 heterocycles. The van der Waals surface area contributed by atoms with Crippen LogP contribution in [-0.2, 0) is 14.9 Å². The molecule has 0 spiro atoms. The van der Waals surface area contributed by atoms with Crippen molar-refractivity contribution in [3.63, 3.8) is 0 Å². The van der Waals surface area contributed by atoms with Crippen LogP contribution in [-0.4, -0.2) is 26.2 Å². The van der Waals surface area contributed by atoms with Gasteiger partial charge in [0.1, 0.15) is 0 Å². The van der Waals surface area contributed by atoms with Gasteiger partial charge in [0.15, 0.2) is 0 Å². The van der Waals surface area contributed by atoms with E-state index in [1.165, 1.54) is 6.08 Å². The third-order valence-electron chi connectivity index (χ3n) is 0.718. The molecule has 0 rings (SSSR count). The predicted molar refractivity (Wildman–Crippen MR) is 41.7 cm³/mol. The van der Waals surface area contributed by atoms with Crippen molar-refractivity contribution >= 4 is 10.1 Å². The lowest BCUT2D eigenvalue weighted by Crippen LogP contribution is -1.93. The van der Waals surface area contributed by atoms with Gasteiger partial charge in [0.25, 0.3) is 10.1 Å². The summed E-state index contributed by atoms with van der Waals surface area (Å²) in [5.41, 5.74) is 0. The second kappa shape index (κ2) is 5.06. The van der Waals surface area contributed by atoms with E-state index in [2.05, 4.69) is 6.58 Å². The van der Waals surface area contributed by atoms with Gasteiger partial charge in [-0.3, -0.25) is 4.55 Å². The molecule has 0 aliphatic heterocycles. The molecule has 0 unspecified atom stereocenters. The molecule has 5 heteroatoms. The molecule has 11 heavy (non-hydrogen) atoms. The second-order valence-electron chi connectivity index (χ2n) is 1.71. The predicted octanol–water partition coefficient (Wildman–Crippen LogP) is 0.591. The highest BCUT2D eigenvalue weighted by Crippen LogP contribution is 1.85. The summed E-state index contributed by atoms with van der Waals surface area (Å²) in [6.07, 6.45) is 2.75. The topological polar surface area (TPSA) is 63.6 Å². The number of hydrogen-bond donors (Lipinski definition) is 1. The summed E-state index contributed by atoms with van der Waals surface area (Å²) in [6, 6.07) is 0. The van der Waals surface area contributed by atoms with Crippen molar-refractivity contribution in [3.8, 4) is 0 Å². The van der Waals surface area contributed by atoms with E-state index in [1.54, 1.807) is 6.08 Å². The molecule has 0 atom stereocenters.